The van der Waals surface area contributed by atoms with Crippen molar-refractivity contribution in [2.75, 3.05) is 0 Å². The number of carbonyl (C=O) groups excluding carboxylic acids is 1. The summed E-state index contributed by atoms with van der Waals surface area (Å²) in [6, 6.07) is 16.2. The molecular weight excluding hydrogens is 226 g/mol. The normalized spacial score (nSPS) is 9.56. The number of hydrogen-bond acceptors (Lipinski definition) is 2. The van der Waals surface area contributed by atoms with Gasteiger partial charge in [0.1, 0.15) is 0 Å². The van der Waals surface area contributed by atoms with Crippen molar-refractivity contribution in [2.24, 2.45) is 5.11 Å². The minimum atomic E-state index is 0.0497. The number of carbonyl (C=O) groups is 1. The van der Waals surface area contributed by atoms with Crippen LogP contribution in [-0.4, -0.2) is 5.78 Å². The zero-order valence-corrected chi connectivity index (χ0v) is 9.65. The predicted molar refractivity (Wildman–Crippen MR) is 69.7 cm³/mol. The van der Waals surface area contributed by atoms with Crippen molar-refractivity contribution in [3.8, 4) is 0 Å². The lowest BCUT2D eigenvalue weighted by Crippen LogP contribution is -2.02. The van der Waals surface area contributed by atoms with Gasteiger partial charge in [-0.3, -0.25) is 4.79 Å². The molecule has 2 aromatic rings. The largest absolute Gasteiger partial charge is 0.294 e. The van der Waals surface area contributed by atoms with Crippen LogP contribution < -0.4 is 0 Å². The topological polar surface area (TPSA) is 65.8 Å². The second kappa shape index (κ2) is 5.66. The number of rotatable bonds is 4. The highest BCUT2D eigenvalue weighted by Gasteiger charge is 2.06. The van der Waals surface area contributed by atoms with Crippen molar-refractivity contribution in [3.05, 3.63) is 76.2 Å². The first kappa shape index (κ1) is 11.9. The van der Waals surface area contributed by atoms with Crippen LogP contribution in [0.1, 0.15) is 15.9 Å². The second-order valence-electron chi connectivity index (χ2n) is 3.83. The van der Waals surface area contributed by atoms with Gasteiger partial charge in [0.2, 0.25) is 0 Å². The molecule has 0 saturated carbocycles. The Balaban J connectivity index is 2.17. The highest BCUT2D eigenvalue weighted by atomic mass is 16.1. The quantitative estimate of drug-likeness (QED) is 0.342. The SMILES string of the molecule is [N-]=[N+]=Nc1cccc(CC(=O)c2ccccc2)c1. The molecule has 0 aliphatic carbocycles. The maximum absolute atomic E-state index is 12.0. The monoisotopic (exact) mass is 237 g/mol. The minimum absolute atomic E-state index is 0.0497. The zero-order valence-electron chi connectivity index (χ0n) is 9.65. The standard InChI is InChI=1S/C14H11N3O/c15-17-16-13-8-4-5-11(9-13)10-14(18)12-6-2-1-3-7-12/h1-9H,10H2. The van der Waals surface area contributed by atoms with Crippen molar-refractivity contribution in [3.63, 3.8) is 0 Å². The first-order valence-corrected chi connectivity index (χ1v) is 5.52. The van der Waals surface area contributed by atoms with Gasteiger partial charge in [0.25, 0.3) is 0 Å². The van der Waals surface area contributed by atoms with Gasteiger partial charge in [-0.2, -0.15) is 0 Å². The van der Waals surface area contributed by atoms with Crippen molar-refractivity contribution >= 4 is 11.5 Å². The van der Waals surface area contributed by atoms with E-state index in [9.17, 15) is 4.79 Å². The number of hydrogen-bond donors (Lipinski definition) is 0. The Morgan fingerprint density at radius 3 is 2.61 bits per heavy atom. The Bertz CT molecular complexity index is 601. The van der Waals surface area contributed by atoms with E-state index in [2.05, 4.69) is 10.0 Å². The third kappa shape index (κ3) is 2.97. The number of nitrogens with zero attached hydrogens (tertiary/aromatic N) is 3. The van der Waals surface area contributed by atoms with E-state index in [1.165, 1.54) is 0 Å². The Morgan fingerprint density at radius 1 is 1.11 bits per heavy atom. The molecule has 2 rings (SSSR count). The van der Waals surface area contributed by atoms with Crippen molar-refractivity contribution in [1.82, 2.24) is 0 Å². The average molecular weight is 237 g/mol. The van der Waals surface area contributed by atoms with E-state index < -0.39 is 0 Å². The summed E-state index contributed by atoms with van der Waals surface area (Å²) in [5, 5.41) is 3.52. The van der Waals surface area contributed by atoms with Gasteiger partial charge in [0, 0.05) is 22.6 Å². The fourth-order valence-corrected chi connectivity index (χ4v) is 1.69. The summed E-state index contributed by atoms with van der Waals surface area (Å²) < 4.78 is 0. The minimum Gasteiger partial charge on any atom is -0.294 e. The maximum Gasteiger partial charge on any atom is 0.167 e. The molecule has 0 spiro atoms. The summed E-state index contributed by atoms with van der Waals surface area (Å²) in [5.74, 6) is 0.0497. The summed E-state index contributed by atoms with van der Waals surface area (Å²) in [7, 11) is 0. The molecule has 0 heterocycles. The fourth-order valence-electron chi connectivity index (χ4n) is 1.69. The Morgan fingerprint density at radius 2 is 1.89 bits per heavy atom. The van der Waals surface area contributed by atoms with E-state index in [4.69, 9.17) is 5.53 Å². The van der Waals surface area contributed by atoms with Crippen molar-refractivity contribution in [2.45, 2.75) is 6.42 Å². The summed E-state index contributed by atoms with van der Waals surface area (Å²) in [5.41, 5.74) is 10.4. The molecule has 0 radical (unpaired) electrons. The van der Waals surface area contributed by atoms with Gasteiger partial charge in [-0.15, -0.1) is 0 Å². The molecule has 0 aliphatic rings. The molecule has 0 atom stereocenters. The molecule has 0 fully saturated rings. The first-order valence-electron chi connectivity index (χ1n) is 5.52. The van der Waals surface area contributed by atoms with E-state index >= 15 is 0 Å². The summed E-state index contributed by atoms with van der Waals surface area (Å²) in [4.78, 5) is 14.7. The summed E-state index contributed by atoms with van der Waals surface area (Å²) >= 11 is 0. The second-order valence-corrected chi connectivity index (χ2v) is 3.83. The molecule has 18 heavy (non-hydrogen) atoms. The van der Waals surface area contributed by atoms with Gasteiger partial charge in [0.15, 0.2) is 5.78 Å². The van der Waals surface area contributed by atoms with E-state index in [1.807, 2.05) is 24.3 Å². The van der Waals surface area contributed by atoms with Gasteiger partial charge < -0.3 is 0 Å². The smallest absolute Gasteiger partial charge is 0.167 e. The molecule has 0 bridgehead atoms. The van der Waals surface area contributed by atoms with Gasteiger partial charge >= 0.3 is 0 Å². The van der Waals surface area contributed by atoms with Crippen LogP contribution in [0.3, 0.4) is 0 Å². The molecule has 0 amide bonds. The van der Waals surface area contributed by atoms with Gasteiger partial charge in [-0.25, -0.2) is 0 Å². The molecule has 0 aliphatic heterocycles. The third-order valence-corrected chi connectivity index (χ3v) is 2.53. The maximum atomic E-state index is 12.0. The van der Waals surface area contributed by atoms with Crippen LogP contribution in [0.15, 0.2) is 59.7 Å². The van der Waals surface area contributed by atoms with Crippen molar-refractivity contribution < 1.29 is 4.79 Å². The molecule has 0 saturated heterocycles. The average Bonchev–Trinajstić information content (AvgIpc) is 2.40. The highest BCUT2D eigenvalue weighted by molar-refractivity contribution is 5.97. The molecule has 4 heteroatoms. The van der Waals surface area contributed by atoms with E-state index in [0.29, 0.717) is 17.7 Å². The van der Waals surface area contributed by atoms with Crippen LogP contribution in [0, 0.1) is 0 Å². The van der Waals surface area contributed by atoms with Crippen LogP contribution in [0.2, 0.25) is 0 Å². The first-order chi connectivity index (χ1) is 8.79. The van der Waals surface area contributed by atoms with Crippen LogP contribution in [0.4, 0.5) is 5.69 Å². The van der Waals surface area contributed by atoms with Gasteiger partial charge in [-0.1, -0.05) is 53.6 Å². The lowest BCUT2D eigenvalue weighted by Gasteiger charge is -2.02. The van der Waals surface area contributed by atoms with Gasteiger partial charge in [0.05, 0.1) is 0 Å². The van der Waals surface area contributed by atoms with Crippen LogP contribution in [-0.2, 0) is 6.42 Å². The highest BCUT2D eigenvalue weighted by Crippen LogP contribution is 2.16. The Hall–Kier alpha value is -2.58. The van der Waals surface area contributed by atoms with E-state index in [1.54, 1.807) is 30.3 Å². The Labute approximate surface area is 105 Å². The third-order valence-electron chi connectivity index (χ3n) is 2.53. The molecule has 88 valence electrons. The fraction of sp³-hybridized carbons (Fsp3) is 0.0714. The lowest BCUT2D eigenvalue weighted by atomic mass is 10.0. The summed E-state index contributed by atoms with van der Waals surface area (Å²) in [6.45, 7) is 0. The van der Waals surface area contributed by atoms with Gasteiger partial charge in [-0.05, 0) is 17.2 Å². The molecule has 4 nitrogen and oxygen atoms in total. The molecule has 2 aromatic carbocycles. The van der Waals surface area contributed by atoms with Crippen molar-refractivity contribution in [1.29, 1.82) is 0 Å². The number of azide groups is 1. The molecular formula is C14H11N3O. The van der Waals surface area contributed by atoms with Crippen LogP contribution in [0.25, 0.3) is 10.4 Å². The number of Topliss-reactive ketones (excluding diaryl/α,β-unsaturated/α-hetero) is 1. The number of benzene rings is 2. The Kier molecular flexibility index (Phi) is 3.74. The predicted octanol–water partition coefficient (Wildman–Crippen LogP) is 4.05. The molecule has 0 unspecified atom stereocenters. The van der Waals surface area contributed by atoms with E-state index in [0.717, 1.165) is 5.56 Å². The lowest BCUT2D eigenvalue weighted by molar-refractivity contribution is 0.0993. The molecule has 0 aromatic heterocycles. The van der Waals surface area contributed by atoms with Crippen LogP contribution >= 0.6 is 0 Å². The van der Waals surface area contributed by atoms with E-state index in [-0.39, 0.29) is 5.78 Å². The van der Waals surface area contributed by atoms with Crippen LogP contribution in [0.5, 0.6) is 0 Å². The summed E-state index contributed by atoms with van der Waals surface area (Å²) in [6.07, 6.45) is 0.304. The molecule has 0 N–H and O–H groups in total. The zero-order chi connectivity index (χ0) is 12.8. The number of ketones is 1.